The Kier molecular flexibility index (Phi) is 6.63. The van der Waals surface area contributed by atoms with Crippen molar-refractivity contribution in [3.05, 3.63) is 188 Å². The Morgan fingerprint density at radius 2 is 0.839 bits per heavy atom. The van der Waals surface area contributed by atoms with Crippen LogP contribution >= 0.6 is 0 Å². The van der Waals surface area contributed by atoms with Crippen molar-refractivity contribution in [1.29, 1.82) is 0 Å². The van der Waals surface area contributed by atoms with Crippen LogP contribution in [0, 0.1) is 0 Å². The fourth-order valence-electron chi connectivity index (χ4n) is 9.18. The van der Waals surface area contributed by atoms with E-state index in [1.807, 2.05) is 30.5 Å². The summed E-state index contributed by atoms with van der Waals surface area (Å²) in [5.74, 6) is 0.688. The van der Waals surface area contributed by atoms with Crippen LogP contribution in [0.2, 0.25) is 0 Å². The minimum Gasteiger partial charge on any atom is -0.264 e. The van der Waals surface area contributed by atoms with Crippen molar-refractivity contribution in [3.63, 3.8) is 0 Å². The Morgan fingerprint density at radius 1 is 0.304 bits per heavy atom. The molecule has 12 rings (SSSR count). The van der Waals surface area contributed by atoms with E-state index in [1.54, 1.807) is 6.20 Å². The lowest BCUT2D eigenvalue weighted by molar-refractivity contribution is 1.18. The van der Waals surface area contributed by atoms with Crippen LogP contribution in [-0.4, -0.2) is 15.0 Å². The van der Waals surface area contributed by atoms with E-state index in [1.165, 1.54) is 81.1 Å². The lowest BCUT2D eigenvalue weighted by atomic mass is 9.86. The predicted octanol–water partition coefficient (Wildman–Crippen LogP) is 14.0. The maximum Gasteiger partial charge on any atom is 0.160 e. The molecule has 0 saturated heterocycles. The SMILES string of the molecule is c1ccc(-c2nc(-c3cccnc3)cc(-c3ccc(-c4cc5ccc6cccc7c8cccc9ccc%10cccc(c(c4)c5c67)c%10c98)c4ccccc34)n2)cc1. The topological polar surface area (TPSA) is 38.7 Å². The molecule has 12 aromatic rings. The number of aromatic nitrogens is 3. The third kappa shape index (κ3) is 4.61. The number of benzene rings is 9. The van der Waals surface area contributed by atoms with Gasteiger partial charge in [0.1, 0.15) is 0 Å². The van der Waals surface area contributed by atoms with Gasteiger partial charge in [-0.3, -0.25) is 4.98 Å². The number of hydrogen-bond donors (Lipinski definition) is 0. The van der Waals surface area contributed by atoms with Crippen molar-refractivity contribution in [1.82, 2.24) is 15.0 Å². The highest BCUT2D eigenvalue weighted by molar-refractivity contribution is 6.37. The maximum atomic E-state index is 5.20. The fourth-order valence-corrected chi connectivity index (χ4v) is 9.18. The van der Waals surface area contributed by atoms with Gasteiger partial charge in [-0.05, 0) is 117 Å². The second kappa shape index (κ2) is 12.0. The maximum absolute atomic E-state index is 5.20. The van der Waals surface area contributed by atoms with Gasteiger partial charge in [0.15, 0.2) is 5.82 Å². The van der Waals surface area contributed by atoms with Crippen LogP contribution in [0.15, 0.2) is 188 Å². The van der Waals surface area contributed by atoms with Gasteiger partial charge < -0.3 is 0 Å². The number of hydrogen-bond acceptors (Lipinski definition) is 3. The molecule has 3 nitrogen and oxygen atoms in total. The molecule has 0 aliphatic carbocycles. The Balaban J connectivity index is 1.16. The Labute approximate surface area is 322 Å². The summed E-state index contributed by atoms with van der Waals surface area (Å²) >= 11 is 0. The van der Waals surface area contributed by atoms with Gasteiger partial charge in [0, 0.05) is 29.1 Å². The molecule has 0 fully saturated rings. The molecule has 0 amide bonds. The van der Waals surface area contributed by atoms with Crippen LogP contribution in [0.25, 0.3) is 120 Å². The van der Waals surface area contributed by atoms with Gasteiger partial charge in [-0.1, -0.05) is 146 Å². The summed E-state index contributed by atoms with van der Waals surface area (Å²) in [4.78, 5) is 14.6. The summed E-state index contributed by atoms with van der Waals surface area (Å²) in [6, 6.07) is 63.9. The average molecular weight is 710 g/mol. The normalized spacial score (nSPS) is 11.9. The molecule has 3 heteroatoms. The van der Waals surface area contributed by atoms with Crippen LogP contribution in [0.1, 0.15) is 0 Å². The number of pyridine rings is 1. The lowest BCUT2D eigenvalue weighted by Crippen LogP contribution is -1.97. The highest BCUT2D eigenvalue weighted by atomic mass is 14.9. The standard InChI is InChI=1S/C53H31N3/c1-2-10-35(11-3-1)53-55-47(37-15-9-27-54-31-37)30-48(56-53)42-26-25-39(40-16-4-5-17-41(40)42)38-28-36-24-23-34-13-7-19-44-43-18-6-12-32-21-22-33-14-8-20-45(51(33)49(32)43)46(29-38)52(36)50(34)44/h1-31H. The van der Waals surface area contributed by atoms with Crippen molar-refractivity contribution < 1.29 is 0 Å². The van der Waals surface area contributed by atoms with E-state index in [0.29, 0.717) is 5.82 Å². The van der Waals surface area contributed by atoms with Crippen molar-refractivity contribution in [2.75, 3.05) is 0 Å². The fraction of sp³-hybridized carbons (Fsp3) is 0. The van der Waals surface area contributed by atoms with E-state index in [9.17, 15) is 0 Å². The van der Waals surface area contributed by atoms with Crippen LogP contribution in [-0.2, 0) is 0 Å². The average Bonchev–Trinajstić information content (AvgIpc) is 3.27. The van der Waals surface area contributed by atoms with Gasteiger partial charge in [0.2, 0.25) is 0 Å². The lowest BCUT2D eigenvalue weighted by Gasteiger charge is -2.18. The first-order valence-electron chi connectivity index (χ1n) is 19.1. The van der Waals surface area contributed by atoms with Crippen molar-refractivity contribution in [3.8, 4) is 45.0 Å². The van der Waals surface area contributed by atoms with Gasteiger partial charge in [-0.15, -0.1) is 0 Å². The monoisotopic (exact) mass is 709 g/mol. The highest BCUT2D eigenvalue weighted by Gasteiger charge is 2.19. The molecule has 0 N–H and O–H groups in total. The first-order valence-corrected chi connectivity index (χ1v) is 19.1. The second-order valence-electron chi connectivity index (χ2n) is 14.7. The molecular weight excluding hydrogens is 679 g/mol. The molecule has 0 radical (unpaired) electrons. The molecule has 0 bridgehead atoms. The number of rotatable bonds is 4. The van der Waals surface area contributed by atoms with E-state index in [-0.39, 0.29) is 0 Å². The summed E-state index contributed by atoms with van der Waals surface area (Å²) in [5.41, 5.74) is 7.08. The minimum atomic E-state index is 0.688. The molecule has 0 unspecified atom stereocenters. The molecule has 56 heavy (non-hydrogen) atoms. The van der Waals surface area contributed by atoms with Crippen LogP contribution < -0.4 is 0 Å². The predicted molar refractivity (Wildman–Crippen MR) is 235 cm³/mol. The van der Waals surface area contributed by atoms with E-state index in [0.717, 1.165) is 33.5 Å². The highest BCUT2D eigenvalue weighted by Crippen LogP contribution is 2.45. The smallest absolute Gasteiger partial charge is 0.160 e. The summed E-state index contributed by atoms with van der Waals surface area (Å²) in [6.07, 6.45) is 3.66. The van der Waals surface area contributed by atoms with E-state index < -0.39 is 0 Å². The molecule has 0 atom stereocenters. The van der Waals surface area contributed by atoms with Crippen molar-refractivity contribution in [2.45, 2.75) is 0 Å². The van der Waals surface area contributed by atoms with E-state index in [4.69, 9.17) is 9.97 Å². The van der Waals surface area contributed by atoms with Gasteiger partial charge >= 0.3 is 0 Å². The molecule has 258 valence electrons. The Morgan fingerprint density at radius 3 is 1.50 bits per heavy atom. The summed E-state index contributed by atoms with van der Waals surface area (Å²) in [5, 5.41) is 17.7. The van der Waals surface area contributed by atoms with Gasteiger partial charge in [-0.2, -0.15) is 0 Å². The van der Waals surface area contributed by atoms with E-state index >= 15 is 0 Å². The van der Waals surface area contributed by atoms with Crippen LogP contribution in [0.3, 0.4) is 0 Å². The number of fused-ring (bicyclic) bond motifs is 3. The van der Waals surface area contributed by atoms with Gasteiger partial charge in [0.05, 0.1) is 11.4 Å². The molecule has 0 spiro atoms. The molecule has 2 heterocycles. The van der Waals surface area contributed by atoms with Crippen LogP contribution in [0.5, 0.6) is 0 Å². The first kappa shape index (κ1) is 30.9. The third-order valence-corrected chi connectivity index (χ3v) is 11.7. The molecule has 2 aromatic heterocycles. The Bertz CT molecular complexity index is 3460. The first-order chi connectivity index (χ1) is 27.8. The minimum absolute atomic E-state index is 0.688. The summed E-state index contributed by atoms with van der Waals surface area (Å²) < 4.78 is 0. The summed E-state index contributed by atoms with van der Waals surface area (Å²) in [6.45, 7) is 0. The van der Waals surface area contributed by atoms with Crippen molar-refractivity contribution in [2.24, 2.45) is 0 Å². The van der Waals surface area contributed by atoms with E-state index in [2.05, 4.69) is 157 Å². The molecular formula is C53H31N3. The van der Waals surface area contributed by atoms with Crippen LogP contribution in [0.4, 0.5) is 0 Å². The zero-order chi connectivity index (χ0) is 36.7. The zero-order valence-electron chi connectivity index (χ0n) is 30.2. The largest absolute Gasteiger partial charge is 0.264 e. The number of nitrogens with zero attached hydrogens (tertiary/aromatic N) is 3. The molecule has 0 aliphatic rings. The van der Waals surface area contributed by atoms with Gasteiger partial charge in [-0.25, -0.2) is 9.97 Å². The molecule has 10 aromatic carbocycles. The third-order valence-electron chi connectivity index (χ3n) is 11.7. The van der Waals surface area contributed by atoms with Gasteiger partial charge in [0.25, 0.3) is 0 Å². The summed E-state index contributed by atoms with van der Waals surface area (Å²) in [7, 11) is 0. The molecule has 0 saturated carbocycles. The second-order valence-corrected chi connectivity index (χ2v) is 14.7. The van der Waals surface area contributed by atoms with Crippen molar-refractivity contribution >= 4 is 75.4 Å². The Hall–Kier alpha value is -7.49. The zero-order valence-corrected chi connectivity index (χ0v) is 30.2. The quantitative estimate of drug-likeness (QED) is 0.171. The molecule has 0 aliphatic heterocycles.